The van der Waals surface area contributed by atoms with Crippen LogP contribution in [0.3, 0.4) is 0 Å². The fraction of sp³-hybridized carbons (Fsp3) is 0.250. The predicted octanol–water partition coefficient (Wildman–Crippen LogP) is 4.67. The number of nitrogens with one attached hydrogen (secondary N) is 1. The number of carbonyl (C=O) groups is 2. The molecule has 1 N–H and O–H groups in total. The van der Waals surface area contributed by atoms with E-state index in [1.54, 1.807) is 6.07 Å². The molecule has 2 amide bonds. The van der Waals surface area contributed by atoms with E-state index in [1.807, 2.05) is 71.6 Å². The Morgan fingerprint density at radius 3 is 2.31 bits per heavy atom. The number of hydrogen-bond acceptors (Lipinski definition) is 5. The first-order chi connectivity index (χ1) is 17.1. The van der Waals surface area contributed by atoms with Gasteiger partial charge in [0.2, 0.25) is 5.91 Å². The lowest BCUT2D eigenvalue weighted by atomic mass is 10.1. The van der Waals surface area contributed by atoms with E-state index < -0.39 is 0 Å². The predicted molar refractivity (Wildman–Crippen MR) is 139 cm³/mol. The summed E-state index contributed by atoms with van der Waals surface area (Å²) in [6, 6.07) is 25.0. The lowest BCUT2D eigenvalue weighted by molar-refractivity contribution is -0.117. The van der Waals surface area contributed by atoms with Crippen molar-refractivity contribution in [2.75, 3.05) is 38.0 Å². The summed E-state index contributed by atoms with van der Waals surface area (Å²) in [6.07, 6.45) is 0.860. The molecule has 0 unspecified atom stereocenters. The van der Waals surface area contributed by atoms with E-state index >= 15 is 0 Å². The highest BCUT2D eigenvalue weighted by atomic mass is 32.2. The van der Waals surface area contributed by atoms with Crippen LogP contribution in [0, 0.1) is 11.3 Å². The van der Waals surface area contributed by atoms with Crippen molar-refractivity contribution in [3.8, 4) is 6.07 Å². The van der Waals surface area contributed by atoms with Gasteiger partial charge in [0.1, 0.15) is 6.07 Å². The third-order valence-electron chi connectivity index (χ3n) is 6.04. The SMILES string of the molecule is CCc1ccccc1NC(=O)CN1CCN(C(=O)c2ccccc2Sc2ccccc2C#N)CC1. The van der Waals surface area contributed by atoms with Gasteiger partial charge in [0.15, 0.2) is 0 Å². The quantitative estimate of drug-likeness (QED) is 0.528. The Morgan fingerprint density at radius 2 is 1.57 bits per heavy atom. The number of nitriles is 1. The molecule has 7 heteroatoms. The summed E-state index contributed by atoms with van der Waals surface area (Å²) in [7, 11) is 0. The summed E-state index contributed by atoms with van der Waals surface area (Å²) in [5, 5.41) is 12.4. The van der Waals surface area contributed by atoms with Crippen molar-refractivity contribution in [2.24, 2.45) is 0 Å². The van der Waals surface area contributed by atoms with Crippen LogP contribution in [0.25, 0.3) is 0 Å². The van der Waals surface area contributed by atoms with Crippen LogP contribution in [-0.2, 0) is 11.2 Å². The molecule has 0 atom stereocenters. The second kappa shape index (κ2) is 11.7. The van der Waals surface area contributed by atoms with Crippen LogP contribution in [0.5, 0.6) is 0 Å². The zero-order valence-electron chi connectivity index (χ0n) is 19.7. The van der Waals surface area contributed by atoms with Gasteiger partial charge in [0.25, 0.3) is 5.91 Å². The summed E-state index contributed by atoms with van der Waals surface area (Å²) in [6.45, 7) is 4.77. The highest BCUT2D eigenvalue weighted by Crippen LogP contribution is 2.33. The Balaban J connectivity index is 1.36. The number of nitrogens with zero attached hydrogens (tertiary/aromatic N) is 3. The van der Waals surface area contributed by atoms with E-state index in [1.165, 1.54) is 11.8 Å². The smallest absolute Gasteiger partial charge is 0.255 e. The van der Waals surface area contributed by atoms with E-state index in [0.717, 1.165) is 27.5 Å². The molecular weight excluding hydrogens is 456 g/mol. The van der Waals surface area contributed by atoms with Crippen LogP contribution in [0.4, 0.5) is 5.69 Å². The van der Waals surface area contributed by atoms with Crippen LogP contribution in [0.1, 0.15) is 28.4 Å². The normalized spacial score (nSPS) is 13.8. The lowest BCUT2D eigenvalue weighted by Crippen LogP contribution is -2.50. The van der Waals surface area contributed by atoms with Gasteiger partial charge in [-0.3, -0.25) is 14.5 Å². The minimum Gasteiger partial charge on any atom is -0.336 e. The van der Waals surface area contributed by atoms with Crippen molar-refractivity contribution in [3.05, 3.63) is 89.5 Å². The molecule has 0 saturated carbocycles. The molecule has 0 spiro atoms. The fourth-order valence-electron chi connectivity index (χ4n) is 4.12. The third-order valence-corrected chi connectivity index (χ3v) is 7.20. The van der Waals surface area contributed by atoms with Crippen LogP contribution in [0.2, 0.25) is 0 Å². The van der Waals surface area contributed by atoms with E-state index in [4.69, 9.17) is 0 Å². The topological polar surface area (TPSA) is 76.4 Å². The summed E-state index contributed by atoms with van der Waals surface area (Å²) in [4.78, 5) is 31.5. The van der Waals surface area contributed by atoms with Crippen molar-refractivity contribution in [3.63, 3.8) is 0 Å². The van der Waals surface area contributed by atoms with Crippen LogP contribution in [-0.4, -0.2) is 54.3 Å². The highest BCUT2D eigenvalue weighted by molar-refractivity contribution is 7.99. The summed E-state index contributed by atoms with van der Waals surface area (Å²) in [5.41, 5.74) is 3.20. The number of hydrogen-bond donors (Lipinski definition) is 1. The van der Waals surface area contributed by atoms with Gasteiger partial charge < -0.3 is 10.2 Å². The summed E-state index contributed by atoms with van der Waals surface area (Å²) >= 11 is 1.44. The number of para-hydroxylation sites is 1. The van der Waals surface area contributed by atoms with Crippen LogP contribution >= 0.6 is 11.8 Å². The number of aryl methyl sites for hydroxylation is 1. The molecule has 6 nitrogen and oxygen atoms in total. The van der Waals surface area contributed by atoms with E-state index in [9.17, 15) is 14.9 Å². The Kier molecular flexibility index (Phi) is 8.19. The maximum absolute atomic E-state index is 13.4. The zero-order valence-corrected chi connectivity index (χ0v) is 20.6. The molecule has 1 saturated heterocycles. The molecule has 1 aliphatic heterocycles. The second-order valence-electron chi connectivity index (χ2n) is 8.33. The molecule has 1 aliphatic rings. The number of benzene rings is 3. The highest BCUT2D eigenvalue weighted by Gasteiger charge is 2.25. The third kappa shape index (κ3) is 6.10. The average molecular weight is 485 g/mol. The minimum absolute atomic E-state index is 0.0245. The van der Waals surface area contributed by atoms with E-state index in [2.05, 4.69) is 23.2 Å². The average Bonchev–Trinajstić information content (AvgIpc) is 2.89. The van der Waals surface area contributed by atoms with E-state index in [-0.39, 0.29) is 11.8 Å². The number of carbonyl (C=O) groups excluding carboxylic acids is 2. The Labute approximate surface area is 210 Å². The van der Waals surface area contributed by atoms with Crippen molar-refractivity contribution in [2.45, 2.75) is 23.1 Å². The van der Waals surface area contributed by atoms with Crippen LogP contribution in [0.15, 0.2) is 82.6 Å². The van der Waals surface area contributed by atoms with Gasteiger partial charge >= 0.3 is 0 Å². The standard InChI is InChI=1S/C28H28N4O2S/c1-2-21-9-3-6-12-24(21)30-27(33)20-31-15-17-32(18-16-31)28(34)23-11-5-8-14-26(23)35-25-13-7-4-10-22(25)19-29/h3-14H,2,15-18,20H2,1H3,(H,30,33). The molecule has 35 heavy (non-hydrogen) atoms. The minimum atomic E-state index is -0.0384. The van der Waals surface area contributed by atoms with Gasteiger partial charge in [-0.2, -0.15) is 5.26 Å². The van der Waals surface area contributed by atoms with Gasteiger partial charge in [-0.25, -0.2) is 0 Å². The van der Waals surface area contributed by atoms with Crippen molar-refractivity contribution >= 4 is 29.3 Å². The van der Waals surface area contributed by atoms with Gasteiger partial charge in [0, 0.05) is 41.7 Å². The molecule has 0 bridgehead atoms. The van der Waals surface area contributed by atoms with E-state index in [0.29, 0.717) is 43.9 Å². The summed E-state index contributed by atoms with van der Waals surface area (Å²) < 4.78 is 0. The largest absolute Gasteiger partial charge is 0.336 e. The van der Waals surface area contributed by atoms with Crippen molar-refractivity contribution in [1.82, 2.24) is 9.80 Å². The molecule has 3 aromatic carbocycles. The molecule has 178 valence electrons. The maximum Gasteiger partial charge on any atom is 0.255 e. The second-order valence-corrected chi connectivity index (χ2v) is 9.42. The van der Waals surface area contributed by atoms with Gasteiger partial charge in [-0.1, -0.05) is 61.2 Å². The number of rotatable bonds is 7. The maximum atomic E-state index is 13.4. The Morgan fingerprint density at radius 1 is 0.914 bits per heavy atom. The van der Waals surface area contributed by atoms with Crippen molar-refractivity contribution < 1.29 is 9.59 Å². The first-order valence-electron chi connectivity index (χ1n) is 11.7. The van der Waals surface area contributed by atoms with Gasteiger partial charge in [-0.05, 0) is 42.3 Å². The first-order valence-corrected chi connectivity index (χ1v) is 12.6. The Hall–Kier alpha value is -3.60. The molecule has 0 aliphatic carbocycles. The molecule has 0 aromatic heterocycles. The molecular formula is C28H28N4O2S. The van der Waals surface area contributed by atoms with Gasteiger partial charge in [0.05, 0.1) is 17.7 Å². The Bertz CT molecular complexity index is 1250. The number of piperazine rings is 1. The number of amides is 2. The number of anilines is 1. The molecule has 0 radical (unpaired) electrons. The van der Waals surface area contributed by atoms with Crippen LogP contribution < -0.4 is 5.32 Å². The first kappa shape index (κ1) is 24.5. The van der Waals surface area contributed by atoms with Gasteiger partial charge in [-0.15, -0.1) is 0 Å². The molecule has 1 fully saturated rings. The molecule has 1 heterocycles. The summed E-state index contributed by atoms with van der Waals surface area (Å²) in [5.74, 6) is -0.0629. The van der Waals surface area contributed by atoms with Crippen molar-refractivity contribution in [1.29, 1.82) is 5.26 Å². The fourth-order valence-corrected chi connectivity index (χ4v) is 5.14. The molecule has 3 aromatic rings. The zero-order chi connectivity index (χ0) is 24.6. The lowest BCUT2D eigenvalue weighted by Gasteiger charge is -2.34. The monoisotopic (exact) mass is 484 g/mol. The molecule has 4 rings (SSSR count).